The molecule has 0 saturated heterocycles. The highest BCUT2D eigenvalue weighted by Gasteiger charge is 1.82. The third-order valence-corrected chi connectivity index (χ3v) is 1.14. The molecular weight excluding hydrogens is 180 g/mol. The molecule has 0 aliphatic rings. The fourth-order valence-corrected chi connectivity index (χ4v) is 0.902. The van der Waals surface area contributed by atoms with Crippen molar-refractivity contribution in [2.75, 3.05) is 0 Å². The molecular formula is C15H34. The molecule has 15 heavy (non-hydrogen) atoms. The lowest BCUT2D eigenvalue weighted by Gasteiger charge is -1.93. The first-order valence-corrected chi connectivity index (χ1v) is 5.80. The Kier molecular flexibility index (Phi) is 37.3. The van der Waals surface area contributed by atoms with E-state index in [0.717, 1.165) is 6.42 Å². The molecule has 0 aromatic carbocycles. The molecule has 0 nitrogen and oxygen atoms in total. The van der Waals surface area contributed by atoms with E-state index < -0.39 is 0 Å². The smallest absolute Gasteiger partial charge is 0.0288 e. The van der Waals surface area contributed by atoms with Crippen LogP contribution in [-0.2, 0) is 0 Å². The first-order chi connectivity index (χ1) is 6.54. The molecule has 0 heteroatoms. The summed E-state index contributed by atoms with van der Waals surface area (Å²) >= 11 is 0. The van der Waals surface area contributed by atoms with Crippen molar-refractivity contribution in [1.29, 1.82) is 0 Å². The third kappa shape index (κ3) is 59.2. The molecule has 0 atom stereocenters. The number of rotatable bonds is 2. The van der Waals surface area contributed by atoms with Crippen molar-refractivity contribution < 1.29 is 0 Å². The Morgan fingerprint density at radius 3 is 1.53 bits per heavy atom. The van der Waals surface area contributed by atoms with E-state index in [1.165, 1.54) is 5.57 Å². The van der Waals surface area contributed by atoms with Gasteiger partial charge in [-0.15, -0.1) is 0 Å². The van der Waals surface area contributed by atoms with Gasteiger partial charge in [0.05, 0.1) is 0 Å². The molecule has 0 fully saturated rings. The number of hydrogen-bond donors (Lipinski definition) is 0. The Bertz CT molecular complexity index is 123. The molecule has 0 N–H and O–H groups in total. The maximum atomic E-state index is 2.25. The first-order valence-electron chi connectivity index (χ1n) is 5.80. The maximum Gasteiger partial charge on any atom is -0.0288 e. The quantitative estimate of drug-likeness (QED) is 0.477. The van der Waals surface area contributed by atoms with Crippen LogP contribution in [0.4, 0.5) is 0 Å². The number of allylic oxidation sites excluding steroid dienone is 4. The van der Waals surface area contributed by atoms with Gasteiger partial charge < -0.3 is 0 Å². The highest BCUT2D eigenvalue weighted by atomic mass is 13.9. The minimum absolute atomic E-state index is 0. The van der Waals surface area contributed by atoms with Crippen LogP contribution in [0.15, 0.2) is 23.8 Å². The van der Waals surface area contributed by atoms with Gasteiger partial charge in [0.1, 0.15) is 0 Å². The Morgan fingerprint density at radius 1 is 1.13 bits per heavy atom. The fraction of sp³-hybridized carbons (Fsp3) is 0.733. The summed E-state index contributed by atoms with van der Waals surface area (Å²) < 4.78 is 0. The van der Waals surface area contributed by atoms with Crippen LogP contribution in [0.2, 0.25) is 0 Å². The van der Waals surface area contributed by atoms with Crippen LogP contribution in [0.25, 0.3) is 0 Å². The van der Waals surface area contributed by atoms with Gasteiger partial charge in [0.2, 0.25) is 0 Å². The zero-order valence-electron chi connectivity index (χ0n) is 11.5. The van der Waals surface area contributed by atoms with Crippen LogP contribution in [0.3, 0.4) is 0 Å². The summed E-state index contributed by atoms with van der Waals surface area (Å²) in [4.78, 5) is 0. The standard InChI is InChI=1S/C7H14.C5H10.C2H6.CH4/c1-6(2)5-7(3)4;1-3-5-4-2;1-2;/h5-6H,1-4H3;3,5H,4H2,1-2H3;1-2H3;1H4/b;5-3-;;. The molecule has 0 amide bonds. The molecule has 0 radical (unpaired) electrons. The van der Waals surface area contributed by atoms with Gasteiger partial charge in [0.15, 0.2) is 0 Å². The van der Waals surface area contributed by atoms with E-state index in [9.17, 15) is 0 Å². The molecule has 0 heterocycles. The summed E-state index contributed by atoms with van der Waals surface area (Å²) in [6.45, 7) is 16.8. The lowest BCUT2D eigenvalue weighted by Crippen LogP contribution is -1.77. The Labute approximate surface area is 99.5 Å². The van der Waals surface area contributed by atoms with Gasteiger partial charge >= 0.3 is 0 Å². The first kappa shape index (κ1) is 24.0. The van der Waals surface area contributed by atoms with E-state index in [1.54, 1.807) is 0 Å². The van der Waals surface area contributed by atoms with Crippen LogP contribution < -0.4 is 0 Å². The van der Waals surface area contributed by atoms with Gasteiger partial charge in [-0.2, -0.15) is 0 Å². The largest absolute Gasteiger partial charge is 0.0917 e. The van der Waals surface area contributed by atoms with Crippen molar-refractivity contribution in [2.45, 2.75) is 69.2 Å². The minimum Gasteiger partial charge on any atom is -0.0917 e. The van der Waals surface area contributed by atoms with Crippen LogP contribution in [-0.4, -0.2) is 0 Å². The Balaban J connectivity index is -0.0000000675. The zero-order chi connectivity index (χ0) is 12.0. The summed E-state index contributed by atoms with van der Waals surface area (Å²) in [7, 11) is 0. The zero-order valence-corrected chi connectivity index (χ0v) is 11.5. The van der Waals surface area contributed by atoms with Crippen LogP contribution in [0, 0.1) is 5.92 Å². The molecule has 0 spiro atoms. The van der Waals surface area contributed by atoms with Gasteiger partial charge in [-0.1, -0.05) is 65.8 Å². The predicted octanol–water partition coefficient (Wildman–Crippen LogP) is 6.24. The van der Waals surface area contributed by atoms with E-state index in [0.29, 0.717) is 5.92 Å². The predicted molar refractivity (Wildman–Crippen MR) is 77.5 cm³/mol. The van der Waals surface area contributed by atoms with Crippen LogP contribution in [0.5, 0.6) is 0 Å². The lowest BCUT2D eigenvalue weighted by molar-refractivity contribution is 0.822. The Hall–Kier alpha value is -0.520. The van der Waals surface area contributed by atoms with Crippen molar-refractivity contribution in [3.05, 3.63) is 23.8 Å². The summed E-state index contributed by atoms with van der Waals surface area (Å²) in [6, 6.07) is 0. The van der Waals surface area contributed by atoms with E-state index in [1.807, 2.05) is 20.8 Å². The minimum atomic E-state index is 0. The average Bonchev–Trinajstić information content (AvgIpc) is 2.08. The molecule has 94 valence electrons. The molecule has 0 aliphatic heterocycles. The summed E-state index contributed by atoms with van der Waals surface area (Å²) in [5.41, 5.74) is 1.41. The van der Waals surface area contributed by atoms with E-state index >= 15 is 0 Å². The Morgan fingerprint density at radius 2 is 1.53 bits per heavy atom. The van der Waals surface area contributed by atoms with Crippen LogP contribution in [0.1, 0.15) is 69.2 Å². The second-order valence-electron chi connectivity index (χ2n) is 3.47. The highest BCUT2D eigenvalue weighted by Crippen LogP contribution is 1.98. The molecule has 0 aromatic rings. The molecule has 0 bridgehead atoms. The summed E-state index contributed by atoms with van der Waals surface area (Å²) in [5, 5.41) is 0. The summed E-state index contributed by atoms with van der Waals surface area (Å²) in [6.07, 6.45) is 7.59. The molecule has 0 rings (SSSR count). The van der Waals surface area contributed by atoms with Crippen molar-refractivity contribution in [3.63, 3.8) is 0 Å². The van der Waals surface area contributed by atoms with E-state index in [2.05, 4.69) is 52.8 Å². The molecule has 0 unspecified atom stereocenters. The van der Waals surface area contributed by atoms with Crippen molar-refractivity contribution in [2.24, 2.45) is 5.92 Å². The second kappa shape index (κ2) is 23.4. The molecule has 0 aromatic heterocycles. The monoisotopic (exact) mass is 214 g/mol. The van der Waals surface area contributed by atoms with Gasteiger partial charge in [-0.3, -0.25) is 0 Å². The van der Waals surface area contributed by atoms with Crippen molar-refractivity contribution >= 4 is 0 Å². The van der Waals surface area contributed by atoms with Crippen molar-refractivity contribution in [1.82, 2.24) is 0 Å². The second-order valence-corrected chi connectivity index (χ2v) is 3.47. The number of hydrogen-bond acceptors (Lipinski definition) is 0. The van der Waals surface area contributed by atoms with Gasteiger partial charge in [0.25, 0.3) is 0 Å². The van der Waals surface area contributed by atoms with Gasteiger partial charge in [0, 0.05) is 0 Å². The average molecular weight is 214 g/mol. The van der Waals surface area contributed by atoms with E-state index in [-0.39, 0.29) is 7.43 Å². The van der Waals surface area contributed by atoms with Crippen molar-refractivity contribution in [3.8, 4) is 0 Å². The van der Waals surface area contributed by atoms with Gasteiger partial charge in [-0.05, 0) is 33.1 Å². The highest BCUT2D eigenvalue weighted by molar-refractivity contribution is 4.94. The SMILES string of the molecule is C.C/C=C\CC.CC.CC(C)=CC(C)C. The van der Waals surface area contributed by atoms with Crippen LogP contribution >= 0.6 is 0 Å². The molecule has 0 aliphatic carbocycles. The van der Waals surface area contributed by atoms with Gasteiger partial charge in [-0.25, -0.2) is 0 Å². The maximum absolute atomic E-state index is 2.25. The van der Waals surface area contributed by atoms with E-state index in [4.69, 9.17) is 0 Å². The fourth-order valence-electron chi connectivity index (χ4n) is 0.902. The normalized spacial score (nSPS) is 8.07. The molecule has 0 saturated carbocycles. The summed E-state index contributed by atoms with van der Waals surface area (Å²) in [5.74, 6) is 0.713. The lowest BCUT2D eigenvalue weighted by atomic mass is 10.1. The third-order valence-electron chi connectivity index (χ3n) is 1.14. The topological polar surface area (TPSA) is 0 Å².